The van der Waals surface area contributed by atoms with E-state index in [0.717, 1.165) is 11.1 Å². The van der Waals surface area contributed by atoms with Crippen LogP contribution in [0.3, 0.4) is 0 Å². The average molecular weight is 419 g/mol. The highest BCUT2D eigenvalue weighted by Gasteiger charge is 2.07. The van der Waals surface area contributed by atoms with E-state index in [4.69, 9.17) is 19.4 Å². The number of ether oxygens (including phenoxy) is 2. The van der Waals surface area contributed by atoms with Crippen molar-refractivity contribution in [1.82, 2.24) is 0 Å². The quantitative estimate of drug-likeness (QED) is 0.374. The molecule has 0 aliphatic heterocycles. The molecule has 0 bridgehead atoms. The summed E-state index contributed by atoms with van der Waals surface area (Å²) in [5, 5.41) is 12.4. The molecule has 0 atom stereocenters. The molecule has 3 aromatic carbocycles. The molecule has 160 valence electrons. The maximum Gasteiger partial charge on any atom is 0.344 e. The molecular formula is C25H25NO5. The van der Waals surface area contributed by atoms with Gasteiger partial charge in [0.25, 0.3) is 0 Å². The average Bonchev–Trinajstić information content (AvgIpc) is 2.76. The number of benzene rings is 3. The first-order valence-corrected chi connectivity index (χ1v) is 9.87. The van der Waals surface area contributed by atoms with E-state index in [-0.39, 0.29) is 0 Å². The molecule has 0 spiro atoms. The van der Waals surface area contributed by atoms with E-state index in [1.165, 1.54) is 17.3 Å². The molecule has 0 saturated heterocycles. The van der Waals surface area contributed by atoms with Crippen molar-refractivity contribution in [3.05, 3.63) is 94.5 Å². The lowest BCUT2D eigenvalue weighted by Crippen LogP contribution is -2.04. The maximum absolute atomic E-state index is 10.6. The molecule has 0 aliphatic rings. The summed E-state index contributed by atoms with van der Waals surface area (Å²) in [4.78, 5) is 15.4. The lowest BCUT2D eigenvalue weighted by Gasteiger charge is -2.12. The lowest BCUT2D eigenvalue weighted by atomic mass is 10.1. The van der Waals surface area contributed by atoms with E-state index in [1.54, 1.807) is 12.1 Å². The minimum Gasteiger partial charge on any atom is -0.489 e. The van der Waals surface area contributed by atoms with Crippen LogP contribution < -0.4 is 9.47 Å². The topological polar surface area (TPSA) is 77.3 Å². The molecule has 1 N–H and O–H groups in total. The number of aryl methyl sites for hydroxylation is 2. The Kier molecular flexibility index (Phi) is 7.65. The summed E-state index contributed by atoms with van der Waals surface area (Å²) in [6.45, 7) is 4.37. The first-order valence-electron chi connectivity index (χ1n) is 9.87. The second-order valence-electron chi connectivity index (χ2n) is 7.15. The fourth-order valence-electron chi connectivity index (χ4n) is 2.73. The fraction of sp³-hybridized carbons (Fsp3) is 0.200. The first-order chi connectivity index (χ1) is 15.0. The summed E-state index contributed by atoms with van der Waals surface area (Å²) in [6.07, 6.45) is 1.42. The number of carboxylic acids is 1. The fourth-order valence-corrected chi connectivity index (χ4v) is 2.73. The van der Waals surface area contributed by atoms with E-state index in [2.05, 4.69) is 5.16 Å². The van der Waals surface area contributed by atoms with Gasteiger partial charge < -0.3 is 19.4 Å². The third-order valence-corrected chi connectivity index (χ3v) is 4.48. The lowest BCUT2D eigenvalue weighted by molar-refractivity contribution is -0.142. The van der Waals surface area contributed by atoms with Gasteiger partial charge in [-0.2, -0.15) is 0 Å². The molecular weight excluding hydrogens is 394 g/mol. The van der Waals surface area contributed by atoms with Gasteiger partial charge in [-0.25, -0.2) is 4.79 Å². The maximum atomic E-state index is 10.6. The van der Waals surface area contributed by atoms with Crippen molar-refractivity contribution in [2.24, 2.45) is 5.16 Å². The van der Waals surface area contributed by atoms with Gasteiger partial charge in [0.2, 0.25) is 6.61 Å². The van der Waals surface area contributed by atoms with Gasteiger partial charge in [-0.15, -0.1) is 0 Å². The molecule has 0 heterocycles. The number of carboxylic acid groups (broad SMARTS) is 1. The summed E-state index contributed by atoms with van der Waals surface area (Å²) in [7, 11) is 0. The van der Waals surface area contributed by atoms with Gasteiger partial charge in [0, 0.05) is 5.56 Å². The van der Waals surface area contributed by atoms with E-state index in [0.29, 0.717) is 30.3 Å². The highest BCUT2D eigenvalue weighted by molar-refractivity contribution is 5.84. The molecule has 0 saturated carbocycles. The molecule has 0 radical (unpaired) electrons. The van der Waals surface area contributed by atoms with Crippen LogP contribution in [0.25, 0.3) is 0 Å². The van der Waals surface area contributed by atoms with Gasteiger partial charge in [0.15, 0.2) is 0 Å². The van der Waals surface area contributed by atoms with Crippen LogP contribution >= 0.6 is 0 Å². The number of carbonyl (C=O) groups is 1. The Morgan fingerprint density at radius 2 is 1.45 bits per heavy atom. The Labute approximate surface area is 181 Å². The molecule has 3 rings (SSSR count). The molecule has 0 aromatic heterocycles. The zero-order valence-corrected chi connectivity index (χ0v) is 17.6. The number of aliphatic carboxylic acids is 1. The highest BCUT2D eigenvalue weighted by atomic mass is 16.6. The van der Waals surface area contributed by atoms with E-state index < -0.39 is 12.6 Å². The van der Waals surface area contributed by atoms with E-state index in [1.807, 2.05) is 68.4 Å². The minimum atomic E-state index is -1.09. The van der Waals surface area contributed by atoms with Crippen LogP contribution in [0.2, 0.25) is 0 Å². The van der Waals surface area contributed by atoms with Crippen LogP contribution in [-0.4, -0.2) is 23.9 Å². The van der Waals surface area contributed by atoms with Gasteiger partial charge in [0.05, 0.1) is 6.21 Å². The van der Waals surface area contributed by atoms with Crippen molar-refractivity contribution in [1.29, 1.82) is 0 Å². The van der Waals surface area contributed by atoms with Gasteiger partial charge in [0.1, 0.15) is 24.7 Å². The normalized spacial score (nSPS) is 10.8. The second-order valence-corrected chi connectivity index (χ2v) is 7.15. The van der Waals surface area contributed by atoms with Gasteiger partial charge in [-0.1, -0.05) is 64.8 Å². The first kappa shape index (κ1) is 21.9. The Morgan fingerprint density at radius 1 is 0.871 bits per heavy atom. The summed E-state index contributed by atoms with van der Waals surface area (Å²) >= 11 is 0. The molecule has 6 nitrogen and oxygen atoms in total. The second kappa shape index (κ2) is 10.8. The Balaban J connectivity index is 1.71. The van der Waals surface area contributed by atoms with Crippen molar-refractivity contribution in [2.45, 2.75) is 27.1 Å². The van der Waals surface area contributed by atoms with Crippen molar-refractivity contribution < 1.29 is 24.2 Å². The summed E-state index contributed by atoms with van der Waals surface area (Å²) in [6, 6.07) is 21.6. The van der Waals surface area contributed by atoms with Crippen molar-refractivity contribution in [3.63, 3.8) is 0 Å². The van der Waals surface area contributed by atoms with Crippen LogP contribution in [-0.2, 0) is 22.8 Å². The zero-order valence-electron chi connectivity index (χ0n) is 17.6. The van der Waals surface area contributed by atoms with Gasteiger partial charge >= 0.3 is 5.97 Å². The standard InChI is InChI=1S/C25H25NO5/c1-18-3-7-20(8-4-18)15-29-23-11-12-24(22(13-23)14-26-31-17-25(27)28)30-16-21-9-5-19(2)6-10-21/h3-14H,15-17H2,1-2H3,(H,27,28)/b26-14+. The largest absolute Gasteiger partial charge is 0.489 e. The van der Waals surface area contributed by atoms with Gasteiger partial charge in [-0.3, -0.25) is 0 Å². The van der Waals surface area contributed by atoms with Crippen LogP contribution in [0.5, 0.6) is 11.5 Å². The van der Waals surface area contributed by atoms with E-state index >= 15 is 0 Å². The third-order valence-electron chi connectivity index (χ3n) is 4.48. The number of hydrogen-bond acceptors (Lipinski definition) is 5. The summed E-state index contributed by atoms with van der Waals surface area (Å²) in [5.41, 5.74) is 5.10. The van der Waals surface area contributed by atoms with Crippen molar-refractivity contribution in [2.75, 3.05) is 6.61 Å². The predicted octanol–water partition coefficient (Wildman–Crippen LogP) is 4.90. The number of nitrogens with zero attached hydrogens (tertiary/aromatic N) is 1. The smallest absolute Gasteiger partial charge is 0.344 e. The SMILES string of the molecule is Cc1ccc(COc2ccc(OCc3ccc(C)cc3)c(/C=N/OCC(=O)O)c2)cc1. The van der Waals surface area contributed by atoms with Gasteiger partial charge in [-0.05, 0) is 43.2 Å². The molecule has 0 amide bonds. The van der Waals surface area contributed by atoms with Crippen molar-refractivity contribution in [3.8, 4) is 11.5 Å². The summed E-state index contributed by atoms with van der Waals surface area (Å²) in [5.74, 6) is 0.136. The monoisotopic (exact) mass is 419 g/mol. The molecule has 6 heteroatoms. The molecule has 0 aliphatic carbocycles. The Morgan fingerprint density at radius 3 is 2.03 bits per heavy atom. The number of oxime groups is 1. The van der Waals surface area contributed by atoms with Crippen molar-refractivity contribution >= 4 is 12.2 Å². The minimum absolute atomic E-state index is 0.390. The molecule has 31 heavy (non-hydrogen) atoms. The highest BCUT2D eigenvalue weighted by Crippen LogP contribution is 2.25. The number of rotatable bonds is 10. The summed E-state index contributed by atoms with van der Waals surface area (Å²) < 4.78 is 11.8. The molecule has 3 aromatic rings. The Hall–Kier alpha value is -3.80. The predicted molar refractivity (Wildman–Crippen MR) is 119 cm³/mol. The number of hydrogen-bond donors (Lipinski definition) is 1. The zero-order chi connectivity index (χ0) is 22.1. The molecule has 0 fully saturated rings. The Bertz CT molecular complexity index is 1030. The van der Waals surface area contributed by atoms with Crippen LogP contribution in [0.1, 0.15) is 27.8 Å². The van der Waals surface area contributed by atoms with Crippen LogP contribution in [0, 0.1) is 13.8 Å². The van der Waals surface area contributed by atoms with E-state index in [9.17, 15) is 4.79 Å². The van der Waals surface area contributed by atoms with Crippen LogP contribution in [0.15, 0.2) is 71.9 Å². The molecule has 0 unspecified atom stereocenters. The van der Waals surface area contributed by atoms with Crippen LogP contribution in [0.4, 0.5) is 0 Å². The third kappa shape index (κ3) is 7.19.